The SMILES string of the molecule is CCCCOc1ccc(Cc2nnc(SCc3ccc(OC)c(Br)c3)n2C)cc1. The Kier molecular flexibility index (Phi) is 8.00. The van der Waals surface area contributed by atoms with Crippen LogP contribution in [-0.2, 0) is 19.2 Å². The molecule has 0 saturated carbocycles. The van der Waals surface area contributed by atoms with Crippen molar-refractivity contribution in [3.05, 3.63) is 63.9 Å². The molecule has 154 valence electrons. The van der Waals surface area contributed by atoms with Gasteiger partial charge in [0, 0.05) is 19.2 Å². The van der Waals surface area contributed by atoms with E-state index in [9.17, 15) is 0 Å². The van der Waals surface area contributed by atoms with E-state index in [1.54, 1.807) is 18.9 Å². The second kappa shape index (κ2) is 10.7. The Bertz CT molecular complexity index is 928. The van der Waals surface area contributed by atoms with Crippen LogP contribution in [0.25, 0.3) is 0 Å². The molecule has 0 radical (unpaired) electrons. The van der Waals surface area contributed by atoms with Gasteiger partial charge in [0.05, 0.1) is 18.2 Å². The maximum absolute atomic E-state index is 5.73. The van der Waals surface area contributed by atoms with Crippen molar-refractivity contribution >= 4 is 27.7 Å². The standard InChI is InChI=1S/C22H26BrN3O2S/c1-4-5-12-28-18-9-6-16(7-10-18)14-21-24-25-22(26(21)2)29-15-17-8-11-20(27-3)19(23)13-17/h6-11,13H,4-5,12,14-15H2,1-3H3. The zero-order valence-electron chi connectivity index (χ0n) is 17.0. The van der Waals surface area contributed by atoms with Crippen molar-refractivity contribution in [3.8, 4) is 11.5 Å². The maximum atomic E-state index is 5.73. The van der Waals surface area contributed by atoms with Crippen LogP contribution < -0.4 is 9.47 Å². The Morgan fingerprint density at radius 2 is 1.83 bits per heavy atom. The first-order valence-corrected chi connectivity index (χ1v) is 11.4. The van der Waals surface area contributed by atoms with E-state index in [0.29, 0.717) is 0 Å². The summed E-state index contributed by atoms with van der Waals surface area (Å²) in [5.74, 6) is 3.52. The highest BCUT2D eigenvalue weighted by molar-refractivity contribution is 9.10. The Morgan fingerprint density at radius 1 is 1.07 bits per heavy atom. The molecule has 0 amide bonds. The largest absolute Gasteiger partial charge is 0.496 e. The molecule has 3 aromatic rings. The number of hydrogen-bond acceptors (Lipinski definition) is 5. The molecule has 0 N–H and O–H groups in total. The molecular formula is C22H26BrN3O2S. The van der Waals surface area contributed by atoms with E-state index in [2.05, 4.69) is 61.9 Å². The minimum atomic E-state index is 0.743. The van der Waals surface area contributed by atoms with Crippen molar-refractivity contribution < 1.29 is 9.47 Å². The van der Waals surface area contributed by atoms with Gasteiger partial charge in [-0.1, -0.05) is 43.3 Å². The number of methoxy groups -OCH3 is 1. The lowest BCUT2D eigenvalue weighted by Crippen LogP contribution is -2.01. The van der Waals surface area contributed by atoms with E-state index in [4.69, 9.17) is 9.47 Å². The van der Waals surface area contributed by atoms with Crippen LogP contribution in [0.15, 0.2) is 52.1 Å². The summed E-state index contributed by atoms with van der Waals surface area (Å²) in [4.78, 5) is 0. The highest BCUT2D eigenvalue weighted by Crippen LogP contribution is 2.29. The van der Waals surface area contributed by atoms with Gasteiger partial charge in [-0.05, 0) is 57.7 Å². The number of rotatable bonds is 10. The summed E-state index contributed by atoms with van der Waals surface area (Å²) in [6, 6.07) is 14.4. The molecule has 0 atom stereocenters. The van der Waals surface area contributed by atoms with Crippen LogP contribution in [0.2, 0.25) is 0 Å². The summed E-state index contributed by atoms with van der Waals surface area (Å²) in [6.45, 7) is 2.93. The summed E-state index contributed by atoms with van der Waals surface area (Å²) in [5.41, 5.74) is 2.39. The molecule has 0 bridgehead atoms. The van der Waals surface area contributed by atoms with Crippen LogP contribution in [0.3, 0.4) is 0 Å². The third-order valence-electron chi connectivity index (χ3n) is 4.56. The first-order chi connectivity index (χ1) is 14.1. The van der Waals surface area contributed by atoms with Crippen molar-refractivity contribution in [1.29, 1.82) is 0 Å². The zero-order valence-corrected chi connectivity index (χ0v) is 19.4. The summed E-state index contributed by atoms with van der Waals surface area (Å²) in [5, 5.41) is 9.66. The van der Waals surface area contributed by atoms with E-state index < -0.39 is 0 Å². The van der Waals surface area contributed by atoms with Crippen molar-refractivity contribution in [3.63, 3.8) is 0 Å². The van der Waals surface area contributed by atoms with Gasteiger partial charge in [0.2, 0.25) is 0 Å². The van der Waals surface area contributed by atoms with Crippen LogP contribution in [0.5, 0.6) is 11.5 Å². The molecule has 0 aliphatic rings. The Labute approximate surface area is 185 Å². The minimum absolute atomic E-state index is 0.743. The van der Waals surface area contributed by atoms with Crippen LogP contribution in [0.4, 0.5) is 0 Å². The molecule has 1 aromatic heterocycles. The molecule has 0 fully saturated rings. The van der Waals surface area contributed by atoms with Gasteiger partial charge in [0.15, 0.2) is 5.16 Å². The fourth-order valence-electron chi connectivity index (χ4n) is 2.79. The Balaban J connectivity index is 1.58. The van der Waals surface area contributed by atoms with Gasteiger partial charge in [0.25, 0.3) is 0 Å². The second-order valence-electron chi connectivity index (χ2n) is 6.74. The molecule has 5 nitrogen and oxygen atoms in total. The molecule has 0 spiro atoms. The quantitative estimate of drug-likeness (QED) is 0.280. The van der Waals surface area contributed by atoms with Crippen LogP contribution in [-0.4, -0.2) is 28.5 Å². The monoisotopic (exact) mass is 475 g/mol. The molecule has 0 aliphatic carbocycles. The van der Waals surface area contributed by atoms with Gasteiger partial charge in [-0.25, -0.2) is 0 Å². The van der Waals surface area contributed by atoms with Crippen LogP contribution >= 0.6 is 27.7 Å². The minimum Gasteiger partial charge on any atom is -0.496 e. The van der Waals surface area contributed by atoms with Crippen LogP contribution in [0, 0.1) is 0 Å². The number of halogens is 1. The van der Waals surface area contributed by atoms with E-state index in [1.165, 1.54) is 11.1 Å². The topological polar surface area (TPSA) is 49.2 Å². The van der Waals surface area contributed by atoms with Crippen molar-refractivity contribution in [2.24, 2.45) is 7.05 Å². The number of nitrogens with zero attached hydrogens (tertiary/aromatic N) is 3. The lowest BCUT2D eigenvalue weighted by atomic mass is 10.1. The fraction of sp³-hybridized carbons (Fsp3) is 0.364. The molecule has 7 heteroatoms. The number of ether oxygens (including phenoxy) is 2. The molecule has 2 aromatic carbocycles. The number of hydrogen-bond donors (Lipinski definition) is 0. The lowest BCUT2D eigenvalue weighted by Gasteiger charge is -2.08. The Morgan fingerprint density at radius 3 is 2.52 bits per heavy atom. The van der Waals surface area contributed by atoms with Gasteiger partial charge in [0.1, 0.15) is 17.3 Å². The molecule has 0 saturated heterocycles. The normalized spacial score (nSPS) is 10.9. The summed E-state index contributed by atoms with van der Waals surface area (Å²) >= 11 is 5.21. The van der Waals surface area contributed by atoms with Gasteiger partial charge < -0.3 is 14.0 Å². The van der Waals surface area contributed by atoms with Gasteiger partial charge >= 0.3 is 0 Å². The highest BCUT2D eigenvalue weighted by Gasteiger charge is 2.11. The molecule has 29 heavy (non-hydrogen) atoms. The first-order valence-electron chi connectivity index (χ1n) is 9.66. The van der Waals surface area contributed by atoms with Gasteiger partial charge in [-0.15, -0.1) is 10.2 Å². The smallest absolute Gasteiger partial charge is 0.191 e. The Hall–Kier alpha value is -1.99. The molecule has 0 unspecified atom stereocenters. The van der Waals surface area contributed by atoms with Gasteiger partial charge in [-0.3, -0.25) is 0 Å². The predicted octanol–water partition coefficient (Wildman–Crippen LogP) is 5.65. The number of unbranched alkanes of at least 4 members (excludes halogenated alkanes) is 1. The lowest BCUT2D eigenvalue weighted by molar-refractivity contribution is 0.309. The van der Waals surface area contributed by atoms with Crippen molar-refractivity contribution in [2.45, 2.75) is 37.1 Å². The summed E-state index contributed by atoms with van der Waals surface area (Å²) in [6.07, 6.45) is 2.96. The van der Waals surface area contributed by atoms with Gasteiger partial charge in [-0.2, -0.15) is 0 Å². The van der Waals surface area contributed by atoms with E-state index >= 15 is 0 Å². The van der Waals surface area contributed by atoms with Crippen molar-refractivity contribution in [2.75, 3.05) is 13.7 Å². The van der Waals surface area contributed by atoms with E-state index in [-0.39, 0.29) is 0 Å². The highest BCUT2D eigenvalue weighted by atomic mass is 79.9. The fourth-order valence-corrected chi connectivity index (χ4v) is 4.25. The molecule has 1 heterocycles. The average molecular weight is 476 g/mol. The molecular weight excluding hydrogens is 450 g/mol. The average Bonchev–Trinajstić information content (AvgIpc) is 3.07. The third-order valence-corrected chi connectivity index (χ3v) is 6.27. The number of thioether (sulfide) groups is 1. The first kappa shape index (κ1) is 21.7. The summed E-state index contributed by atoms with van der Waals surface area (Å²) in [7, 11) is 3.69. The van der Waals surface area contributed by atoms with Crippen LogP contribution in [0.1, 0.15) is 36.7 Å². The maximum Gasteiger partial charge on any atom is 0.191 e. The van der Waals surface area contributed by atoms with E-state index in [0.717, 1.165) is 58.6 Å². The number of aromatic nitrogens is 3. The zero-order chi connectivity index (χ0) is 20.6. The second-order valence-corrected chi connectivity index (χ2v) is 8.53. The number of benzene rings is 2. The third kappa shape index (κ3) is 6.00. The predicted molar refractivity (Wildman–Crippen MR) is 121 cm³/mol. The summed E-state index contributed by atoms with van der Waals surface area (Å²) < 4.78 is 14.0. The molecule has 3 rings (SSSR count). The van der Waals surface area contributed by atoms with E-state index in [1.807, 2.05) is 25.2 Å². The molecule has 0 aliphatic heterocycles. The van der Waals surface area contributed by atoms with Crippen molar-refractivity contribution in [1.82, 2.24) is 14.8 Å².